The molecule has 3 rings (SSSR count). The molecule has 1 aliphatic heterocycles. The Morgan fingerprint density at radius 2 is 1.73 bits per heavy atom. The molecule has 0 saturated heterocycles. The molecule has 0 amide bonds. The number of alkyl halides is 6. The zero-order chi connectivity index (χ0) is 19.1. The lowest BCUT2D eigenvalue weighted by Crippen LogP contribution is -2.37. The van der Waals surface area contributed by atoms with Crippen molar-refractivity contribution < 1.29 is 31.1 Å². The number of benzene rings is 2. The molecule has 1 atom stereocenters. The summed E-state index contributed by atoms with van der Waals surface area (Å²) in [5.41, 5.74) is 2.93. The number of para-hydroxylation sites is 1. The molecule has 1 aliphatic rings. The minimum Gasteiger partial charge on any atom is -0.484 e. The van der Waals surface area contributed by atoms with Crippen LogP contribution in [0, 0.1) is 0 Å². The smallest absolute Gasteiger partial charge is 0.417 e. The molecule has 0 saturated carbocycles. The number of hydrogen-bond donors (Lipinski definition) is 2. The Labute approximate surface area is 144 Å². The third kappa shape index (κ3) is 3.44. The quantitative estimate of drug-likeness (QED) is 0.758. The van der Waals surface area contributed by atoms with Gasteiger partial charge in [-0.15, -0.1) is 0 Å². The molecule has 0 spiro atoms. The van der Waals surface area contributed by atoms with E-state index in [-0.39, 0.29) is 17.9 Å². The Morgan fingerprint density at radius 1 is 1.00 bits per heavy atom. The normalized spacial score (nSPS) is 17.3. The van der Waals surface area contributed by atoms with Crippen molar-refractivity contribution in [3.63, 3.8) is 0 Å². The van der Waals surface area contributed by atoms with E-state index >= 15 is 0 Å². The molecule has 9 heteroatoms. The molecule has 140 valence electrons. The van der Waals surface area contributed by atoms with Gasteiger partial charge in [-0.05, 0) is 29.8 Å². The van der Waals surface area contributed by atoms with Crippen LogP contribution < -0.4 is 15.8 Å². The second-order valence-corrected chi connectivity index (χ2v) is 5.79. The van der Waals surface area contributed by atoms with Gasteiger partial charge in [-0.25, -0.2) is 0 Å². The van der Waals surface area contributed by atoms with Crippen molar-refractivity contribution in [1.82, 2.24) is 0 Å². The molecule has 0 unspecified atom stereocenters. The predicted molar refractivity (Wildman–Crippen MR) is 83.8 cm³/mol. The van der Waals surface area contributed by atoms with Crippen LogP contribution in [0.2, 0.25) is 0 Å². The average Bonchev–Trinajstić information content (AvgIpc) is 2.58. The van der Waals surface area contributed by atoms with Gasteiger partial charge in [0.1, 0.15) is 6.10 Å². The fourth-order valence-electron chi connectivity index (χ4n) is 2.77. The molecule has 0 bridgehead atoms. The van der Waals surface area contributed by atoms with Crippen molar-refractivity contribution in [2.45, 2.75) is 18.5 Å². The molecule has 0 aliphatic carbocycles. The van der Waals surface area contributed by atoms with Crippen molar-refractivity contribution in [1.29, 1.82) is 0 Å². The lowest BCUT2D eigenvalue weighted by atomic mass is 9.95. The van der Waals surface area contributed by atoms with Gasteiger partial charge in [0.05, 0.1) is 23.4 Å². The van der Waals surface area contributed by atoms with Gasteiger partial charge in [0, 0.05) is 12.1 Å². The van der Waals surface area contributed by atoms with E-state index < -0.39 is 35.1 Å². The Bertz CT molecular complexity index is 816. The first kappa shape index (κ1) is 18.4. The molecule has 0 aromatic heterocycles. The standard InChI is InChI=1S/C17H14F6N2O/c18-16(19,20)9-4-5-13(17(21,22)23)12(6-9)11-2-1-3-14-15(11)26-10(7-24)8-25-14/h1-6,10,25H,7-8,24H2/t10-/m1/s1. The Kier molecular flexibility index (Phi) is 4.51. The summed E-state index contributed by atoms with van der Waals surface area (Å²) in [6.07, 6.45) is -10.1. The van der Waals surface area contributed by atoms with Crippen LogP contribution in [-0.2, 0) is 12.4 Å². The van der Waals surface area contributed by atoms with Crippen LogP contribution in [0.25, 0.3) is 11.1 Å². The van der Waals surface area contributed by atoms with Crippen LogP contribution >= 0.6 is 0 Å². The van der Waals surface area contributed by atoms with Gasteiger partial charge in [0.2, 0.25) is 0 Å². The maximum atomic E-state index is 13.4. The van der Waals surface area contributed by atoms with Crippen molar-refractivity contribution in [2.75, 3.05) is 18.4 Å². The summed E-state index contributed by atoms with van der Waals surface area (Å²) in [6, 6.07) is 5.68. The van der Waals surface area contributed by atoms with Gasteiger partial charge in [-0.1, -0.05) is 12.1 Å². The highest BCUT2D eigenvalue weighted by Crippen LogP contribution is 2.46. The first-order valence-corrected chi connectivity index (χ1v) is 7.63. The molecular weight excluding hydrogens is 362 g/mol. The second-order valence-electron chi connectivity index (χ2n) is 5.79. The van der Waals surface area contributed by atoms with Crippen LogP contribution in [0.1, 0.15) is 11.1 Å². The predicted octanol–water partition coefficient (Wildman–Crippen LogP) is 4.52. The molecule has 0 fully saturated rings. The van der Waals surface area contributed by atoms with Crippen molar-refractivity contribution in [2.24, 2.45) is 5.73 Å². The van der Waals surface area contributed by atoms with Crippen molar-refractivity contribution in [3.05, 3.63) is 47.5 Å². The molecule has 2 aromatic rings. The number of ether oxygens (including phenoxy) is 1. The van der Waals surface area contributed by atoms with Crippen LogP contribution in [0.5, 0.6) is 5.75 Å². The summed E-state index contributed by atoms with van der Waals surface area (Å²) in [5, 5.41) is 2.97. The maximum absolute atomic E-state index is 13.4. The van der Waals surface area contributed by atoms with E-state index in [1.54, 1.807) is 6.07 Å². The molecule has 3 N–H and O–H groups in total. The summed E-state index contributed by atoms with van der Waals surface area (Å²) in [7, 11) is 0. The number of hydrogen-bond acceptors (Lipinski definition) is 3. The summed E-state index contributed by atoms with van der Waals surface area (Å²) < 4.78 is 84.8. The number of nitrogens with one attached hydrogen (secondary N) is 1. The molecule has 3 nitrogen and oxygen atoms in total. The van der Waals surface area contributed by atoms with Gasteiger partial charge >= 0.3 is 12.4 Å². The van der Waals surface area contributed by atoms with E-state index in [1.165, 1.54) is 12.1 Å². The maximum Gasteiger partial charge on any atom is 0.417 e. The summed E-state index contributed by atoms with van der Waals surface area (Å²) in [6.45, 7) is 0.456. The fraction of sp³-hybridized carbons (Fsp3) is 0.294. The van der Waals surface area contributed by atoms with Crippen LogP contribution in [0.3, 0.4) is 0 Å². The van der Waals surface area contributed by atoms with E-state index in [9.17, 15) is 26.3 Å². The van der Waals surface area contributed by atoms with E-state index in [2.05, 4.69) is 5.32 Å². The monoisotopic (exact) mass is 376 g/mol. The first-order chi connectivity index (χ1) is 12.1. The van der Waals surface area contributed by atoms with E-state index in [0.29, 0.717) is 30.4 Å². The van der Waals surface area contributed by atoms with Crippen molar-refractivity contribution >= 4 is 5.69 Å². The molecule has 26 heavy (non-hydrogen) atoms. The SMILES string of the molecule is NC[C@@H]1CNc2cccc(-c3cc(C(F)(F)F)ccc3C(F)(F)F)c2O1. The number of anilines is 1. The van der Waals surface area contributed by atoms with Gasteiger partial charge in [-0.2, -0.15) is 26.3 Å². The molecule has 1 heterocycles. The minimum atomic E-state index is -4.82. The van der Waals surface area contributed by atoms with Crippen LogP contribution in [0.4, 0.5) is 32.0 Å². The van der Waals surface area contributed by atoms with E-state index in [1.807, 2.05) is 0 Å². The van der Waals surface area contributed by atoms with E-state index in [4.69, 9.17) is 10.5 Å². The summed E-state index contributed by atoms with van der Waals surface area (Å²) >= 11 is 0. The van der Waals surface area contributed by atoms with Crippen LogP contribution in [0.15, 0.2) is 36.4 Å². The topological polar surface area (TPSA) is 47.3 Å². The largest absolute Gasteiger partial charge is 0.484 e. The lowest BCUT2D eigenvalue weighted by Gasteiger charge is -2.29. The second kappa shape index (κ2) is 6.39. The minimum absolute atomic E-state index is 0.0547. The lowest BCUT2D eigenvalue weighted by molar-refractivity contribution is -0.141. The average molecular weight is 376 g/mol. The van der Waals surface area contributed by atoms with Crippen LogP contribution in [-0.4, -0.2) is 19.2 Å². The highest BCUT2D eigenvalue weighted by Gasteiger charge is 2.38. The molecule has 2 aromatic carbocycles. The van der Waals surface area contributed by atoms with Gasteiger partial charge < -0.3 is 15.8 Å². The van der Waals surface area contributed by atoms with Crippen molar-refractivity contribution in [3.8, 4) is 16.9 Å². The third-order valence-electron chi connectivity index (χ3n) is 4.03. The first-order valence-electron chi connectivity index (χ1n) is 7.63. The Hall–Kier alpha value is -2.42. The highest BCUT2D eigenvalue weighted by molar-refractivity contribution is 5.81. The third-order valence-corrected chi connectivity index (χ3v) is 4.03. The molecule has 0 radical (unpaired) electrons. The van der Waals surface area contributed by atoms with Gasteiger partial charge in [0.25, 0.3) is 0 Å². The zero-order valence-electron chi connectivity index (χ0n) is 13.2. The Balaban J connectivity index is 2.23. The van der Waals surface area contributed by atoms with Gasteiger partial charge in [-0.3, -0.25) is 0 Å². The fourth-order valence-corrected chi connectivity index (χ4v) is 2.77. The van der Waals surface area contributed by atoms with Gasteiger partial charge in [0.15, 0.2) is 5.75 Å². The van der Waals surface area contributed by atoms with E-state index in [0.717, 1.165) is 0 Å². The number of rotatable bonds is 2. The number of fused-ring (bicyclic) bond motifs is 1. The molecular formula is C17H14F6N2O. The number of nitrogens with two attached hydrogens (primary N) is 1. The summed E-state index contributed by atoms with van der Waals surface area (Å²) in [4.78, 5) is 0. The zero-order valence-corrected chi connectivity index (χ0v) is 13.2. The Morgan fingerprint density at radius 3 is 2.35 bits per heavy atom. The summed E-state index contributed by atoms with van der Waals surface area (Å²) in [5.74, 6) is 0.0547. The number of halogens is 6. The highest BCUT2D eigenvalue weighted by atomic mass is 19.4.